The number of amides is 1. The number of aromatic nitrogens is 1. The highest BCUT2D eigenvalue weighted by molar-refractivity contribution is 6.34. The number of likely N-dealkylation sites (tertiary alicyclic amines) is 1. The lowest BCUT2D eigenvalue weighted by atomic mass is 9.87. The van der Waals surface area contributed by atoms with Gasteiger partial charge in [0.05, 0.1) is 33.8 Å². The first kappa shape index (κ1) is 30.1. The van der Waals surface area contributed by atoms with Crippen molar-refractivity contribution >= 4 is 45.9 Å². The van der Waals surface area contributed by atoms with Gasteiger partial charge in [-0.05, 0) is 68.4 Å². The summed E-state index contributed by atoms with van der Waals surface area (Å²) in [6, 6.07) is 6.50. The normalized spacial score (nSPS) is 20.9. The van der Waals surface area contributed by atoms with Gasteiger partial charge in [-0.2, -0.15) is 4.39 Å². The number of nitrogens with one attached hydrogen (secondary N) is 1. The Bertz CT molecular complexity index is 1530. The Morgan fingerprint density at radius 1 is 1.10 bits per heavy atom. The van der Waals surface area contributed by atoms with Crippen LogP contribution in [0, 0.1) is 17.6 Å². The van der Waals surface area contributed by atoms with Crippen LogP contribution < -0.4 is 5.32 Å². The Morgan fingerprint density at radius 3 is 2.45 bits per heavy atom. The van der Waals surface area contributed by atoms with E-state index >= 15 is 8.78 Å². The minimum atomic E-state index is -2.80. The predicted molar refractivity (Wildman–Crippen MR) is 150 cm³/mol. The van der Waals surface area contributed by atoms with Crippen LogP contribution in [0.3, 0.4) is 0 Å². The SMILES string of the molecule is Cn1cc(C(=O)Nc2cc(F)c(CC(=O)C(F)(O[C@H]3CC[C@H](C(=O)O)CC3)N3CCCC3)cc2Cl)c2c(F)cccc21. The lowest BCUT2D eigenvalue weighted by molar-refractivity contribution is -0.252. The zero-order valence-corrected chi connectivity index (χ0v) is 23.7. The van der Waals surface area contributed by atoms with Crippen LogP contribution in [0.5, 0.6) is 0 Å². The highest BCUT2D eigenvalue weighted by atomic mass is 35.5. The molecule has 1 unspecified atom stereocenters. The summed E-state index contributed by atoms with van der Waals surface area (Å²) in [6.45, 7) is 0.575. The molecule has 2 heterocycles. The maximum atomic E-state index is 16.4. The fourth-order valence-corrected chi connectivity index (χ4v) is 6.07. The largest absolute Gasteiger partial charge is 0.481 e. The molecule has 2 N–H and O–H groups in total. The summed E-state index contributed by atoms with van der Waals surface area (Å²) < 4.78 is 53.5. The lowest BCUT2D eigenvalue weighted by Crippen LogP contribution is -2.54. The van der Waals surface area contributed by atoms with E-state index in [2.05, 4.69) is 5.32 Å². The number of fused-ring (bicyclic) bond motifs is 1. The van der Waals surface area contributed by atoms with E-state index in [9.17, 15) is 23.9 Å². The van der Waals surface area contributed by atoms with Crippen molar-refractivity contribution in [3.63, 3.8) is 0 Å². The van der Waals surface area contributed by atoms with Crippen LogP contribution in [0.2, 0.25) is 5.02 Å². The summed E-state index contributed by atoms with van der Waals surface area (Å²) in [4.78, 5) is 39.0. The Labute approximate surface area is 245 Å². The van der Waals surface area contributed by atoms with E-state index in [1.807, 2.05) is 0 Å². The average Bonchev–Trinajstić information content (AvgIpc) is 3.61. The number of nitrogens with zero attached hydrogens (tertiary/aromatic N) is 2. The molecule has 2 aliphatic rings. The smallest absolute Gasteiger partial charge is 0.330 e. The van der Waals surface area contributed by atoms with Crippen molar-refractivity contribution in [3.8, 4) is 0 Å². The fraction of sp³-hybridized carbons (Fsp3) is 0.433. The molecule has 1 aliphatic carbocycles. The van der Waals surface area contributed by atoms with Gasteiger partial charge < -0.3 is 19.7 Å². The van der Waals surface area contributed by atoms with Gasteiger partial charge in [-0.3, -0.25) is 14.4 Å². The number of benzene rings is 2. The molecular formula is C30H31ClF3N3O5. The van der Waals surface area contributed by atoms with Gasteiger partial charge in [0.2, 0.25) is 5.78 Å². The summed E-state index contributed by atoms with van der Waals surface area (Å²) in [5.41, 5.74) is 0.250. The number of aryl methyl sites for hydroxylation is 1. The number of carboxylic acid groups (broad SMARTS) is 1. The molecule has 0 spiro atoms. The number of hydrogen-bond donors (Lipinski definition) is 2. The van der Waals surface area contributed by atoms with Crippen LogP contribution in [-0.2, 0) is 27.8 Å². The van der Waals surface area contributed by atoms with Crippen LogP contribution >= 0.6 is 11.6 Å². The van der Waals surface area contributed by atoms with Crippen molar-refractivity contribution < 1.29 is 37.4 Å². The summed E-state index contributed by atoms with van der Waals surface area (Å²) >= 11 is 6.35. The molecule has 1 saturated heterocycles. The predicted octanol–water partition coefficient (Wildman–Crippen LogP) is 5.85. The highest BCUT2D eigenvalue weighted by Gasteiger charge is 2.49. The van der Waals surface area contributed by atoms with Crippen molar-refractivity contribution in [2.24, 2.45) is 13.0 Å². The van der Waals surface area contributed by atoms with E-state index in [4.69, 9.17) is 16.3 Å². The number of halogens is 4. The molecule has 5 rings (SSSR count). The maximum Gasteiger partial charge on any atom is 0.330 e. The monoisotopic (exact) mass is 605 g/mol. The Morgan fingerprint density at radius 2 is 1.79 bits per heavy atom. The van der Waals surface area contributed by atoms with Crippen LogP contribution in [-0.4, -0.2) is 57.4 Å². The highest BCUT2D eigenvalue weighted by Crippen LogP contribution is 2.35. The van der Waals surface area contributed by atoms with Crippen LogP contribution in [0.25, 0.3) is 10.9 Å². The summed E-state index contributed by atoms with van der Waals surface area (Å²) in [5.74, 6) is -7.43. The molecule has 8 nitrogen and oxygen atoms in total. The quantitative estimate of drug-likeness (QED) is 0.297. The second-order valence-electron chi connectivity index (χ2n) is 11.0. The molecule has 12 heteroatoms. The number of carbonyl (C=O) groups is 3. The Balaban J connectivity index is 1.33. The van der Waals surface area contributed by atoms with E-state index < -0.39 is 53.7 Å². The number of Topliss-reactive ketones (excluding diaryl/α,β-unsaturated/α-hetero) is 1. The van der Waals surface area contributed by atoms with Crippen molar-refractivity contribution in [2.45, 2.75) is 57.0 Å². The van der Waals surface area contributed by atoms with Crippen molar-refractivity contribution in [1.82, 2.24) is 9.47 Å². The van der Waals surface area contributed by atoms with Crippen molar-refractivity contribution in [2.75, 3.05) is 18.4 Å². The molecule has 2 aromatic carbocycles. The lowest BCUT2D eigenvalue weighted by Gasteiger charge is -2.37. The zero-order chi connectivity index (χ0) is 30.2. The van der Waals surface area contributed by atoms with Gasteiger partial charge in [0.25, 0.3) is 5.91 Å². The number of carboxylic acids is 1. The molecule has 0 bridgehead atoms. The first-order chi connectivity index (χ1) is 20.0. The molecule has 1 aromatic heterocycles. The van der Waals surface area contributed by atoms with E-state index in [0.29, 0.717) is 44.0 Å². The van der Waals surface area contributed by atoms with E-state index in [1.165, 1.54) is 23.2 Å². The summed E-state index contributed by atoms with van der Waals surface area (Å²) in [6.07, 6.45) is 2.68. The molecule has 3 aromatic rings. The number of hydrogen-bond acceptors (Lipinski definition) is 5. The van der Waals surface area contributed by atoms with Gasteiger partial charge in [-0.25, -0.2) is 13.7 Å². The van der Waals surface area contributed by atoms with Crippen LogP contribution in [0.1, 0.15) is 54.4 Å². The number of rotatable bonds is 9. The van der Waals surface area contributed by atoms with E-state index in [1.54, 1.807) is 17.7 Å². The summed E-state index contributed by atoms with van der Waals surface area (Å²) in [5, 5.41) is 11.8. The molecule has 1 atom stereocenters. The zero-order valence-electron chi connectivity index (χ0n) is 23.0. The second kappa shape index (κ2) is 12.1. The third kappa shape index (κ3) is 5.91. The number of carbonyl (C=O) groups excluding carboxylic acids is 2. The van der Waals surface area contributed by atoms with Crippen molar-refractivity contribution in [3.05, 3.63) is 64.3 Å². The molecule has 42 heavy (non-hydrogen) atoms. The Hall–Kier alpha value is -3.41. The maximum absolute atomic E-state index is 16.4. The van der Waals surface area contributed by atoms with Gasteiger partial charge in [-0.1, -0.05) is 17.7 Å². The van der Waals surface area contributed by atoms with Gasteiger partial charge >= 0.3 is 11.9 Å². The minimum absolute atomic E-state index is 0.0312. The van der Waals surface area contributed by atoms with E-state index in [0.717, 1.165) is 12.1 Å². The average molecular weight is 606 g/mol. The second-order valence-corrected chi connectivity index (χ2v) is 11.4. The van der Waals surface area contributed by atoms with Gasteiger partial charge in [0, 0.05) is 38.1 Å². The molecule has 2 fully saturated rings. The standard InChI is InChI=1S/C30H31ClF3N3O5/c1-36-16-20(27-22(32)5-4-6-25(27)36)28(39)35-24-15-23(33)18(13-21(24)31)14-26(38)30(34,37-11-2-3-12-37)42-19-9-7-17(8-10-19)29(40)41/h4-6,13,15-17,19H,2-3,7-12,14H2,1H3,(H,35,39)(H,40,41)/t17-,19-,30?. The number of anilines is 1. The minimum Gasteiger partial charge on any atom is -0.481 e. The molecule has 1 amide bonds. The van der Waals surface area contributed by atoms with Crippen LogP contribution in [0.4, 0.5) is 18.9 Å². The third-order valence-corrected chi connectivity index (χ3v) is 8.46. The molecule has 1 aliphatic heterocycles. The van der Waals surface area contributed by atoms with Gasteiger partial charge in [0.15, 0.2) is 0 Å². The topological polar surface area (TPSA) is 101 Å². The number of ether oxygens (including phenoxy) is 1. The molecular weight excluding hydrogens is 575 g/mol. The van der Waals surface area contributed by atoms with Crippen LogP contribution in [0.15, 0.2) is 36.5 Å². The number of aliphatic carboxylic acids is 1. The number of alkyl halides is 1. The van der Waals surface area contributed by atoms with Gasteiger partial charge in [0.1, 0.15) is 11.6 Å². The Kier molecular flexibility index (Phi) is 8.63. The molecule has 0 radical (unpaired) electrons. The molecule has 224 valence electrons. The third-order valence-electron chi connectivity index (χ3n) is 8.15. The summed E-state index contributed by atoms with van der Waals surface area (Å²) in [7, 11) is 1.66. The first-order valence-electron chi connectivity index (χ1n) is 13.9. The molecule has 1 saturated carbocycles. The number of ketones is 1. The van der Waals surface area contributed by atoms with Gasteiger partial charge in [-0.15, -0.1) is 0 Å². The fourth-order valence-electron chi connectivity index (χ4n) is 5.83. The van der Waals surface area contributed by atoms with E-state index in [-0.39, 0.29) is 40.3 Å². The van der Waals surface area contributed by atoms with Crippen molar-refractivity contribution in [1.29, 1.82) is 0 Å². The first-order valence-corrected chi connectivity index (χ1v) is 14.3.